The van der Waals surface area contributed by atoms with Gasteiger partial charge in [-0.2, -0.15) is 0 Å². The lowest BCUT2D eigenvalue weighted by Gasteiger charge is -2.10. The Bertz CT molecular complexity index is 555. The van der Waals surface area contributed by atoms with Crippen LogP contribution in [-0.4, -0.2) is 25.6 Å². The number of furan rings is 1. The van der Waals surface area contributed by atoms with E-state index in [0.29, 0.717) is 0 Å². The summed E-state index contributed by atoms with van der Waals surface area (Å²) in [5, 5.41) is 6.60. The van der Waals surface area contributed by atoms with Crippen molar-refractivity contribution in [2.24, 2.45) is 4.99 Å². The zero-order valence-corrected chi connectivity index (χ0v) is 17.8. The van der Waals surface area contributed by atoms with Crippen LogP contribution in [0.4, 0.5) is 0 Å². The van der Waals surface area contributed by atoms with E-state index in [0.717, 1.165) is 44.2 Å². The fourth-order valence-corrected chi connectivity index (χ4v) is 3.61. The second-order valence-electron chi connectivity index (χ2n) is 4.47. The van der Waals surface area contributed by atoms with Crippen LogP contribution in [0, 0.1) is 2.88 Å². The fourth-order valence-electron chi connectivity index (χ4n) is 1.86. The molecule has 0 spiro atoms. The van der Waals surface area contributed by atoms with Crippen LogP contribution in [0.5, 0.6) is 0 Å². The first-order valence-electron chi connectivity index (χ1n) is 7.06. The van der Waals surface area contributed by atoms with Gasteiger partial charge in [0, 0.05) is 37.4 Å². The molecule has 7 heteroatoms. The Morgan fingerprint density at radius 1 is 1.27 bits per heavy atom. The quantitative estimate of drug-likeness (QED) is 0.316. The largest absolute Gasteiger partial charge is 0.469 e. The van der Waals surface area contributed by atoms with Crippen molar-refractivity contribution in [3.05, 3.63) is 44.0 Å². The molecule has 0 unspecified atom stereocenters. The highest BCUT2D eigenvalue weighted by molar-refractivity contribution is 14.1. The van der Waals surface area contributed by atoms with Crippen molar-refractivity contribution in [2.45, 2.75) is 19.8 Å². The molecule has 22 heavy (non-hydrogen) atoms. The summed E-state index contributed by atoms with van der Waals surface area (Å²) in [6.07, 6.45) is 3.56. The van der Waals surface area contributed by atoms with Gasteiger partial charge in [-0.25, -0.2) is 0 Å². The summed E-state index contributed by atoms with van der Waals surface area (Å²) in [5.41, 5.74) is 0. The molecule has 0 amide bonds. The van der Waals surface area contributed by atoms with Crippen LogP contribution in [0.3, 0.4) is 0 Å². The average Bonchev–Trinajstić information content (AvgIpc) is 3.11. The molecular weight excluding hydrogens is 524 g/mol. The highest BCUT2D eigenvalue weighted by Gasteiger charge is 2.00. The van der Waals surface area contributed by atoms with Crippen LogP contribution >= 0.6 is 57.9 Å². The molecule has 2 heterocycles. The number of hydrogen-bond acceptors (Lipinski definition) is 3. The van der Waals surface area contributed by atoms with Crippen molar-refractivity contribution in [2.75, 3.05) is 19.6 Å². The molecule has 0 fully saturated rings. The Hall–Kier alpha value is -0.290. The molecule has 0 bridgehead atoms. The van der Waals surface area contributed by atoms with Crippen molar-refractivity contribution in [1.82, 2.24) is 10.6 Å². The number of guanidine groups is 1. The fraction of sp³-hybridized carbons (Fsp3) is 0.400. The van der Waals surface area contributed by atoms with E-state index < -0.39 is 0 Å². The molecule has 0 saturated heterocycles. The summed E-state index contributed by atoms with van der Waals surface area (Å²) >= 11 is 4.18. The standard InChI is InChI=1S/C15H20IN3OS.HI/c1-2-17-15(18-9-7-12-4-3-11-20-12)19-10-8-13-5-6-14(16)21-13;/h3-6,11H,2,7-10H2,1H3,(H2,17,18,19);1H. The Morgan fingerprint density at radius 2 is 2.14 bits per heavy atom. The van der Waals surface area contributed by atoms with Gasteiger partial charge in [-0.3, -0.25) is 4.99 Å². The van der Waals surface area contributed by atoms with E-state index in [1.807, 2.05) is 23.5 Å². The summed E-state index contributed by atoms with van der Waals surface area (Å²) < 4.78 is 6.65. The van der Waals surface area contributed by atoms with Gasteiger partial charge in [-0.05, 0) is 53.8 Å². The van der Waals surface area contributed by atoms with E-state index in [4.69, 9.17) is 4.42 Å². The van der Waals surface area contributed by atoms with E-state index in [1.165, 1.54) is 7.76 Å². The number of halogens is 2. The molecule has 122 valence electrons. The number of hydrogen-bond donors (Lipinski definition) is 2. The molecule has 0 aliphatic carbocycles. The third-order valence-electron chi connectivity index (χ3n) is 2.85. The Labute approximate surface area is 166 Å². The zero-order chi connectivity index (χ0) is 14.9. The minimum absolute atomic E-state index is 0. The maximum absolute atomic E-state index is 5.32. The maximum Gasteiger partial charge on any atom is 0.191 e. The van der Waals surface area contributed by atoms with Gasteiger partial charge in [0.05, 0.1) is 9.15 Å². The van der Waals surface area contributed by atoms with Gasteiger partial charge in [0.15, 0.2) is 5.96 Å². The van der Waals surface area contributed by atoms with Gasteiger partial charge in [0.25, 0.3) is 0 Å². The van der Waals surface area contributed by atoms with Crippen LogP contribution in [0.2, 0.25) is 0 Å². The summed E-state index contributed by atoms with van der Waals surface area (Å²) in [6.45, 7) is 4.55. The highest BCUT2D eigenvalue weighted by Crippen LogP contribution is 2.18. The molecule has 0 saturated carbocycles. The van der Waals surface area contributed by atoms with Crippen LogP contribution < -0.4 is 10.6 Å². The van der Waals surface area contributed by atoms with Crippen LogP contribution in [-0.2, 0) is 12.8 Å². The van der Waals surface area contributed by atoms with Gasteiger partial charge in [0.2, 0.25) is 0 Å². The van der Waals surface area contributed by atoms with E-state index in [1.54, 1.807) is 6.26 Å². The van der Waals surface area contributed by atoms with E-state index in [-0.39, 0.29) is 24.0 Å². The Balaban J connectivity index is 0.00000242. The van der Waals surface area contributed by atoms with Gasteiger partial charge in [-0.1, -0.05) is 0 Å². The summed E-state index contributed by atoms with van der Waals surface area (Å²) in [6, 6.07) is 8.23. The predicted molar refractivity (Wildman–Crippen MR) is 113 cm³/mol. The molecular formula is C15H21I2N3OS. The number of nitrogens with zero attached hydrogens (tertiary/aromatic N) is 1. The molecule has 2 aromatic rings. The first-order chi connectivity index (χ1) is 10.3. The van der Waals surface area contributed by atoms with Gasteiger partial charge < -0.3 is 15.1 Å². The molecule has 2 N–H and O–H groups in total. The number of nitrogens with one attached hydrogen (secondary N) is 2. The molecule has 2 aromatic heterocycles. The third-order valence-corrected chi connectivity index (χ3v) is 4.80. The topological polar surface area (TPSA) is 49.6 Å². The summed E-state index contributed by atoms with van der Waals surface area (Å²) in [7, 11) is 0. The lowest BCUT2D eigenvalue weighted by molar-refractivity contribution is 0.507. The Kier molecular flexibility index (Phi) is 10.1. The SMILES string of the molecule is CCNC(=NCCc1ccc(I)s1)NCCc1ccco1.I. The molecule has 0 radical (unpaired) electrons. The van der Waals surface area contributed by atoms with Crippen molar-refractivity contribution in [3.8, 4) is 0 Å². The monoisotopic (exact) mass is 545 g/mol. The summed E-state index contributed by atoms with van der Waals surface area (Å²) in [4.78, 5) is 5.99. The van der Waals surface area contributed by atoms with Crippen LogP contribution in [0.15, 0.2) is 39.9 Å². The molecule has 0 aliphatic rings. The molecule has 0 aromatic carbocycles. The number of thiophene rings is 1. The smallest absolute Gasteiger partial charge is 0.191 e. The van der Waals surface area contributed by atoms with Crippen molar-refractivity contribution < 1.29 is 4.42 Å². The molecule has 2 rings (SSSR count). The average molecular weight is 545 g/mol. The van der Waals surface area contributed by atoms with Gasteiger partial charge in [0.1, 0.15) is 5.76 Å². The lowest BCUT2D eigenvalue weighted by atomic mass is 10.3. The summed E-state index contributed by atoms with van der Waals surface area (Å²) in [5.74, 6) is 1.86. The molecule has 0 aliphatic heterocycles. The van der Waals surface area contributed by atoms with Crippen molar-refractivity contribution in [3.63, 3.8) is 0 Å². The minimum atomic E-state index is 0. The first-order valence-corrected chi connectivity index (χ1v) is 8.96. The zero-order valence-electron chi connectivity index (χ0n) is 12.5. The normalized spacial score (nSPS) is 11.1. The predicted octanol–water partition coefficient (Wildman–Crippen LogP) is 3.90. The molecule has 4 nitrogen and oxygen atoms in total. The van der Waals surface area contributed by atoms with Gasteiger partial charge >= 0.3 is 0 Å². The third kappa shape index (κ3) is 7.32. The maximum atomic E-state index is 5.32. The minimum Gasteiger partial charge on any atom is -0.469 e. The Morgan fingerprint density at radius 3 is 2.77 bits per heavy atom. The van der Waals surface area contributed by atoms with Crippen LogP contribution in [0.25, 0.3) is 0 Å². The number of aliphatic imine (C=N–C) groups is 1. The van der Waals surface area contributed by atoms with Gasteiger partial charge in [-0.15, -0.1) is 35.3 Å². The van der Waals surface area contributed by atoms with E-state index in [2.05, 4.69) is 57.3 Å². The van der Waals surface area contributed by atoms with Crippen LogP contribution in [0.1, 0.15) is 17.6 Å². The second kappa shape index (κ2) is 11.3. The van der Waals surface area contributed by atoms with E-state index >= 15 is 0 Å². The lowest BCUT2D eigenvalue weighted by Crippen LogP contribution is -2.38. The van der Waals surface area contributed by atoms with Crippen molar-refractivity contribution in [1.29, 1.82) is 0 Å². The second-order valence-corrected chi connectivity index (χ2v) is 7.54. The number of rotatable bonds is 7. The van der Waals surface area contributed by atoms with Crippen molar-refractivity contribution >= 4 is 63.9 Å². The van der Waals surface area contributed by atoms with E-state index in [9.17, 15) is 0 Å². The first kappa shape index (κ1) is 19.8. The highest BCUT2D eigenvalue weighted by atomic mass is 127. The molecule has 0 atom stereocenters.